The number of nitrogens with one attached hydrogen (secondary N) is 1. The molecule has 170 valence electrons. The number of amides is 1. The number of hydrogen-bond acceptors (Lipinski definition) is 5. The molecule has 3 atom stereocenters. The van der Waals surface area contributed by atoms with E-state index in [1.807, 2.05) is 36.7 Å². The lowest BCUT2D eigenvalue weighted by Gasteiger charge is -2.38. The van der Waals surface area contributed by atoms with Crippen LogP contribution in [0.4, 0.5) is 5.69 Å². The largest absolute Gasteiger partial charge is 0.368 e. The Morgan fingerprint density at radius 1 is 1.03 bits per heavy atom. The maximum Gasteiger partial charge on any atom is 0.234 e. The fraction of sp³-hybridized carbons (Fsp3) is 0.520. The number of piperidine rings is 1. The maximum atomic E-state index is 12.7. The summed E-state index contributed by atoms with van der Waals surface area (Å²) in [7, 11) is 2.24. The third-order valence-corrected chi connectivity index (χ3v) is 7.72. The molecule has 0 radical (unpaired) electrons. The highest BCUT2D eigenvalue weighted by Crippen LogP contribution is 2.34. The predicted octanol–water partition coefficient (Wildman–Crippen LogP) is 3.27. The predicted molar refractivity (Wildman–Crippen MR) is 129 cm³/mol. The Bertz CT molecular complexity index is 930. The summed E-state index contributed by atoms with van der Waals surface area (Å²) in [5.41, 5.74) is 3.33. The van der Waals surface area contributed by atoms with Gasteiger partial charge in [0.2, 0.25) is 5.91 Å². The number of anilines is 1. The van der Waals surface area contributed by atoms with Crippen molar-refractivity contribution in [1.29, 1.82) is 0 Å². The number of hydrogen-bond donors (Lipinski definition) is 1. The van der Waals surface area contributed by atoms with Crippen LogP contribution in [0, 0.1) is 0 Å². The van der Waals surface area contributed by atoms with E-state index in [-0.39, 0.29) is 5.91 Å². The van der Waals surface area contributed by atoms with Gasteiger partial charge in [-0.3, -0.25) is 14.7 Å². The molecule has 5 rings (SSSR count). The van der Waals surface area contributed by atoms with Crippen LogP contribution in [0.5, 0.6) is 0 Å². The first kappa shape index (κ1) is 21.7. The molecule has 2 aromatic rings. The number of rotatable bonds is 5. The summed E-state index contributed by atoms with van der Waals surface area (Å²) in [5.74, 6) is 0.179. The number of aromatic nitrogens is 1. The molecule has 3 fully saturated rings. The van der Waals surface area contributed by atoms with E-state index in [1.165, 1.54) is 12.8 Å². The van der Waals surface area contributed by atoms with Crippen molar-refractivity contribution in [2.45, 2.75) is 43.8 Å². The van der Waals surface area contributed by atoms with Gasteiger partial charge in [0.1, 0.15) is 0 Å². The highest BCUT2D eigenvalue weighted by Gasteiger charge is 2.38. The third kappa shape index (κ3) is 4.77. The minimum absolute atomic E-state index is 0.179. The van der Waals surface area contributed by atoms with Gasteiger partial charge in [0.15, 0.2) is 0 Å². The van der Waals surface area contributed by atoms with E-state index in [2.05, 4.69) is 38.1 Å². The molecule has 2 bridgehead atoms. The Morgan fingerprint density at radius 2 is 1.72 bits per heavy atom. The van der Waals surface area contributed by atoms with Gasteiger partial charge in [0.25, 0.3) is 0 Å². The molecular formula is C25H32ClN5O. The van der Waals surface area contributed by atoms with Crippen LogP contribution < -0.4 is 10.2 Å². The van der Waals surface area contributed by atoms with Crippen molar-refractivity contribution in [3.8, 4) is 11.1 Å². The summed E-state index contributed by atoms with van der Waals surface area (Å²) in [6.45, 7) is 4.07. The topological polar surface area (TPSA) is 51.7 Å². The fourth-order valence-electron chi connectivity index (χ4n) is 5.57. The van der Waals surface area contributed by atoms with Crippen molar-refractivity contribution in [1.82, 2.24) is 20.1 Å². The average molecular weight is 454 g/mol. The summed E-state index contributed by atoms with van der Waals surface area (Å²) in [6, 6.07) is 11.7. The van der Waals surface area contributed by atoms with Gasteiger partial charge in [0.05, 0.1) is 18.4 Å². The second kappa shape index (κ2) is 9.38. The molecule has 4 heterocycles. The normalized spacial score (nSPS) is 26.3. The highest BCUT2D eigenvalue weighted by atomic mass is 35.5. The van der Waals surface area contributed by atoms with E-state index in [0.29, 0.717) is 24.7 Å². The Kier molecular flexibility index (Phi) is 6.35. The molecule has 1 aromatic carbocycles. The van der Waals surface area contributed by atoms with E-state index in [4.69, 9.17) is 11.6 Å². The second-order valence-corrected chi connectivity index (χ2v) is 9.92. The Hall–Kier alpha value is -2.15. The van der Waals surface area contributed by atoms with Crippen molar-refractivity contribution in [3.63, 3.8) is 0 Å². The molecule has 1 amide bonds. The van der Waals surface area contributed by atoms with Crippen LogP contribution in [0.25, 0.3) is 11.1 Å². The zero-order chi connectivity index (χ0) is 22.1. The second-order valence-electron chi connectivity index (χ2n) is 9.49. The van der Waals surface area contributed by atoms with Crippen LogP contribution in [-0.4, -0.2) is 78.6 Å². The molecule has 3 saturated heterocycles. The standard InChI is InChI=1S/C25H32ClN5O/c1-29-22-6-7-23(29)14-21(13-22)28-25(32)17-30-8-10-31(11-9-30)24-12-19(15-27-16-24)18-2-4-20(26)5-3-18/h2-5,12,15-16,21-23H,6-11,13-14,17H2,1H3,(H,28,32)/t21?,22-,23+. The number of pyridine rings is 1. The van der Waals surface area contributed by atoms with Crippen LogP contribution in [-0.2, 0) is 4.79 Å². The molecule has 1 unspecified atom stereocenters. The molecule has 6 nitrogen and oxygen atoms in total. The number of fused-ring (bicyclic) bond motifs is 2. The van der Waals surface area contributed by atoms with Gasteiger partial charge in [-0.25, -0.2) is 0 Å². The number of carbonyl (C=O) groups is 1. The minimum atomic E-state index is 0.179. The summed E-state index contributed by atoms with van der Waals surface area (Å²) in [5, 5.41) is 4.06. The Labute approximate surface area is 195 Å². The maximum absolute atomic E-state index is 12.7. The molecule has 1 N–H and O–H groups in total. The van der Waals surface area contributed by atoms with Crippen LogP contribution in [0.2, 0.25) is 5.02 Å². The van der Waals surface area contributed by atoms with Gasteiger partial charge in [0, 0.05) is 61.1 Å². The molecule has 3 aliphatic heterocycles. The number of benzene rings is 1. The van der Waals surface area contributed by atoms with E-state index in [1.54, 1.807) is 0 Å². The first-order valence-electron chi connectivity index (χ1n) is 11.7. The van der Waals surface area contributed by atoms with E-state index in [9.17, 15) is 4.79 Å². The summed E-state index contributed by atoms with van der Waals surface area (Å²) in [6.07, 6.45) is 8.58. The lowest BCUT2D eigenvalue weighted by Crippen LogP contribution is -2.53. The van der Waals surface area contributed by atoms with Gasteiger partial charge >= 0.3 is 0 Å². The first-order chi connectivity index (χ1) is 15.5. The van der Waals surface area contributed by atoms with E-state index < -0.39 is 0 Å². The number of piperazine rings is 1. The zero-order valence-electron chi connectivity index (χ0n) is 18.7. The van der Waals surface area contributed by atoms with Crippen molar-refractivity contribution in [3.05, 3.63) is 47.7 Å². The molecule has 1 aromatic heterocycles. The number of nitrogens with zero attached hydrogens (tertiary/aromatic N) is 4. The lowest BCUT2D eigenvalue weighted by molar-refractivity contribution is -0.123. The first-order valence-corrected chi connectivity index (χ1v) is 12.1. The van der Waals surface area contributed by atoms with Crippen LogP contribution in [0.1, 0.15) is 25.7 Å². The zero-order valence-corrected chi connectivity index (χ0v) is 19.5. The molecule has 0 saturated carbocycles. The van der Waals surface area contributed by atoms with Gasteiger partial charge in [-0.05, 0) is 56.5 Å². The average Bonchev–Trinajstić information content (AvgIpc) is 3.00. The van der Waals surface area contributed by atoms with Crippen molar-refractivity contribution < 1.29 is 4.79 Å². The fourth-order valence-corrected chi connectivity index (χ4v) is 5.70. The lowest BCUT2D eigenvalue weighted by atomic mass is 9.98. The Morgan fingerprint density at radius 3 is 2.41 bits per heavy atom. The molecule has 0 spiro atoms. The molecule has 3 aliphatic rings. The molecule has 7 heteroatoms. The summed E-state index contributed by atoms with van der Waals surface area (Å²) < 4.78 is 0. The van der Waals surface area contributed by atoms with Crippen LogP contribution in [0.15, 0.2) is 42.7 Å². The van der Waals surface area contributed by atoms with Gasteiger partial charge in [-0.1, -0.05) is 23.7 Å². The number of carbonyl (C=O) groups excluding carboxylic acids is 1. The van der Waals surface area contributed by atoms with Gasteiger partial charge in [-0.15, -0.1) is 0 Å². The SMILES string of the molecule is CN1[C@@H]2CC[C@H]1CC(NC(=O)CN1CCN(c3cncc(-c4ccc(Cl)cc4)c3)CC1)C2. The molecular weight excluding hydrogens is 422 g/mol. The molecule has 32 heavy (non-hydrogen) atoms. The van der Waals surface area contributed by atoms with Crippen molar-refractivity contribution in [2.24, 2.45) is 0 Å². The van der Waals surface area contributed by atoms with E-state index in [0.717, 1.165) is 60.9 Å². The monoisotopic (exact) mass is 453 g/mol. The summed E-state index contributed by atoms with van der Waals surface area (Å²) >= 11 is 6.02. The van der Waals surface area contributed by atoms with E-state index >= 15 is 0 Å². The molecule has 0 aliphatic carbocycles. The third-order valence-electron chi connectivity index (χ3n) is 7.47. The van der Waals surface area contributed by atoms with Gasteiger partial charge < -0.3 is 15.1 Å². The quantitative estimate of drug-likeness (QED) is 0.753. The van der Waals surface area contributed by atoms with Crippen molar-refractivity contribution >= 4 is 23.2 Å². The van der Waals surface area contributed by atoms with Crippen LogP contribution in [0.3, 0.4) is 0 Å². The minimum Gasteiger partial charge on any atom is -0.368 e. The highest BCUT2D eigenvalue weighted by molar-refractivity contribution is 6.30. The smallest absolute Gasteiger partial charge is 0.234 e. The Balaban J connectivity index is 1.12. The van der Waals surface area contributed by atoms with Crippen molar-refractivity contribution in [2.75, 3.05) is 44.7 Å². The van der Waals surface area contributed by atoms with Gasteiger partial charge in [-0.2, -0.15) is 0 Å². The summed E-state index contributed by atoms with van der Waals surface area (Å²) in [4.78, 5) is 24.3. The van der Waals surface area contributed by atoms with Crippen LogP contribution >= 0.6 is 11.6 Å². The number of halogens is 1.